The zero-order valence-corrected chi connectivity index (χ0v) is 10.9. The van der Waals surface area contributed by atoms with Crippen molar-refractivity contribution in [3.8, 4) is 5.69 Å². The Morgan fingerprint density at radius 2 is 1.89 bits per heavy atom. The van der Waals surface area contributed by atoms with Gasteiger partial charge >= 0.3 is 0 Å². The Balaban J connectivity index is 2.68. The zero-order valence-electron chi connectivity index (χ0n) is 10.9. The van der Waals surface area contributed by atoms with Crippen molar-refractivity contribution in [3.05, 3.63) is 51.9 Å². The number of aliphatic hydroxyl groups excluding tert-OH is 1. The number of aliphatic hydroxyl groups is 1. The van der Waals surface area contributed by atoms with Crippen molar-refractivity contribution >= 4 is 0 Å². The molecular weight excluding hydrogens is 228 g/mol. The molecule has 96 valence electrons. The van der Waals surface area contributed by atoms with E-state index in [9.17, 15) is 9.90 Å². The Morgan fingerprint density at radius 1 is 1.28 bits per heavy atom. The van der Waals surface area contributed by atoms with Crippen LogP contribution in [-0.4, -0.2) is 21.1 Å². The maximum Gasteiger partial charge on any atom is 0.275 e. The predicted octanol–water partition coefficient (Wildman–Crippen LogP) is 1.58. The van der Waals surface area contributed by atoms with E-state index in [-0.39, 0.29) is 18.1 Å². The molecule has 2 rings (SSSR count). The second kappa shape index (κ2) is 4.82. The molecule has 4 heteroatoms. The van der Waals surface area contributed by atoms with Gasteiger partial charge in [0.15, 0.2) is 0 Å². The average molecular weight is 246 g/mol. The minimum atomic E-state index is -0.145. The van der Waals surface area contributed by atoms with E-state index < -0.39 is 0 Å². The van der Waals surface area contributed by atoms with Gasteiger partial charge in [0.1, 0.15) is 0 Å². The fourth-order valence-electron chi connectivity index (χ4n) is 2.25. The molecule has 1 unspecified atom stereocenters. The van der Waals surface area contributed by atoms with Crippen LogP contribution >= 0.6 is 0 Å². The minimum absolute atomic E-state index is 0.0190. The van der Waals surface area contributed by atoms with Gasteiger partial charge < -0.3 is 5.11 Å². The molecule has 0 aliphatic carbocycles. The summed E-state index contributed by atoms with van der Waals surface area (Å²) in [5.41, 5.74) is 2.36. The Morgan fingerprint density at radius 3 is 2.44 bits per heavy atom. The molecule has 0 aliphatic heterocycles. The number of hydrogen-bond donors (Lipinski definition) is 1. The minimum Gasteiger partial charge on any atom is -0.396 e. The van der Waals surface area contributed by atoms with Crippen LogP contribution in [0.5, 0.6) is 0 Å². The number of nitrogens with zero attached hydrogens (tertiary/aromatic N) is 2. The van der Waals surface area contributed by atoms with Gasteiger partial charge in [0.25, 0.3) is 5.56 Å². The van der Waals surface area contributed by atoms with Crippen LogP contribution in [-0.2, 0) is 7.05 Å². The molecule has 2 aromatic rings. The average Bonchev–Trinajstić information content (AvgIpc) is 2.61. The Bertz CT molecular complexity index is 596. The maximum absolute atomic E-state index is 12.4. The van der Waals surface area contributed by atoms with Crippen LogP contribution in [0.4, 0.5) is 0 Å². The van der Waals surface area contributed by atoms with Gasteiger partial charge in [-0.15, -0.1) is 0 Å². The first-order valence-corrected chi connectivity index (χ1v) is 6.02. The van der Waals surface area contributed by atoms with Crippen LogP contribution in [0.25, 0.3) is 5.69 Å². The zero-order chi connectivity index (χ0) is 13.3. The molecule has 1 heterocycles. The monoisotopic (exact) mass is 246 g/mol. The molecular formula is C14H18N2O2. The number of hydrogen-bond acceptors (Lipinski definition) is 2. The number of rotatable bonds is 3. The highest BCUT2D eigenvalue weighted by molar-refractivity contribution is 5.34. The first-order chi connectivity index (χ1) is 8.57. The van der Waals surface area contributed by atoms with Crippen molar-refractivity contribution in [2.24, 2.45) is 7.05 Å². The second-order valence-electron chi connectivity index (χ2n) is 4.56. The van der Waals surface area contributed by atoms with Crippen molar-refractivity contribution in [2.75, 3.05) is 6.61 Å². The van der Waals surface area contributed by atoms with Crippen molar-refractivity contribution in [3.63, 3.8) is 0 Å². The van der Waals surface area contributed by atoms with Crippen molar-refractivity contribution in [2.45, 2.75) is 19.8 Å². The molecule has 1 atom stereocenters. The van der Waals surface area contributed by atoms with Gasteiger partial charge in [0, 0.05) is 30.8 Å². The molecule has 4 nitrogen and oxygen atoms in total. The van der Waals surface area contributed by atoms with Crippen LogP contribution in [0.3, 0.4) is 0 Å². The van der Waals surface area contributed by atoms with Crippen LogP contribution < -0.4 is 5.56 Å². The molecule has 1 aromatic carbocycles. The summed E-state index contributed by atoms with van der Waals surface area (Å²) < 4.78 is 3.47. The van der Waals surface area contributed by atoms with Crippen molar-refractivity contribution in [1.82, 2.24) is 9.36 Å². The van der Waals surface area contributed by atoms with Crippen LogP contribution in [0.1, 0.15) is 24.1 Å². The highest BCUT2D eigenvalue weighted by Crippen LogP contribution is 2.17. The molecule has 1 aromatic heterocycles. The van der Waals surface area contributed by atoms with Gasteiger partial charge in [-0.1, -0.05) is 25.1 Å². The summed E-state index contributed by atoms with van der Waals surface area (Å²) >= 11 is 0. The highest BCUT2D eigenvalue weighted by atomic mass is 16.3. The van der Waals surface area contributed by atoms with Gasteiger partial charge in [-0.3, -0.25) is 9.48 Å². The summed E-state index contributed by atoms with van der Waals surface area (Å²) in [6.07, 6.45) is 0. The third-order valence-electron chi connectivity index (χ3n) is 3.37. The summed E-state index contributed by atoms with van der Waals surface area (Å²) in [6, 6.07) is 9.52. The number of benzene rings is 1. The topological polar surface area (TPSA) is 47.2 Å². The van der Waals surface area contributed by atoms with Crippen molar-refractivity contribution < 1.29 is 5.11 Å². The highest BCUT2D eigenvalue weighted by Gasteiger charge is 2.20. The van der Waals surface area contributed by atoms with Gasteiger partial charge in [0.2, 0.25) is 0 Å². The molecule has 0 aliphatic rings. The SMILES string of the molecule is Cc1c(C(C)CO)c(=O)n(-c2ccccc2)n1C. The van der Waals surface area contributed by atoms with Crippen LogP contribution in [0.2, 0.25) is 0 Å². The summed E-state index contributed by atoms with van der Waals surface area (Å²) in [5, 5.41) is 9.25. The summed E-state index contributed by atoms with van der Waals surface area (Å²) in [5.74, 6) is -0.145. The Kier molecular flexibility index (Phi) is 3.39. The van der Waals surface area contributed by atoms with E-state index in [1.165, 1.54) is 0 Å². The van der Waals surface area contributed by atoms with Crippen LogP contribution in [0.15, 0.2) is 35.1 Å². The van der Waals surface area contributed by atoms with E-state index >= 15 is 0 Å². The quantitative estimate of drug-likeness (QED) is 0.893. The van der Waals surface area contributed by atoms with Crippen molar-refractivity contribution in [1.29, 1.82) is 0 Å². The van der Waals surface area contributed by atoms with E-state index in [0.717, 1.165) is 11.4 Å². The lowest BCUT2D eigenvalue weighted by Crippen LogP contribution is -2.22. The van der Waals surface area contributed by atoms with Gasteiger partial charge in [0.05, 0.1) is 5.69 Å². The molecule has 1 N–H and O–H groups in total. The van der Waals surface area contributed by atoms with E-state index in [0.29, 0.717) is 5.56 Å². The fourth-order valence-corrected chi connectivity index (χ4v) is 2.25. The maximum atomic E-state index is 12.4. The molecule has 0 fully saturated rings. The third-order valence-corrected chi connectivity index (χ3v) is 3.37. The van der Waals surface area contributed by atoms with E-state index in [1.807, 2.05) is 55.9 Å². The van der Waals surface area contributed by atoms with E-state index in [4.69, 9.17) is 0 Å². The molecule has 0 saturated heterocycles. The molecule has 0 amide bonds. The molecule has 0 bridgehead atoms. The smallest absolute Gasteiger partial charge is 0.275 e. The number of aromatic nitrogens is 2. The fraction of sp³-hybridized carbons (Fsp3) is 0.357. The first-order valence-electron chi connectivity index (χ1n) is 6.02. The summed E-state index contributed by atoms with van der Waals surface area (Å²) in [7, 11) is 1.86. The Labute approximate surface area is 106 Å². The van der Waals surface area contributed by atoms with Gasteiger partial charge in [-0.05, 0) is 19.1 Å². The summed E-state index contributed by atoms with van der Waals surface area (Å²) in [4.78, 5) is 12.4. The summed E-state index contributed by atoms with van der Waals surface area (Å²) in [6.45, 7) is 3.75. The number of para-hydroxylation sites is 1. The molecule has 0 spiro atoms. The predicted molar refractivity (Wildman–Crippen MR) is 71.2 cm³/mol. The van der Waals surface area contributed by atoms with E-state index in [2.05, 4.69) is 0 Å². The molecule has 18 heavy (non-hydrogen) atoms. The lowest BCUT2D eigenvalue weighted by Gasteiger charge is -2.07. The molecule has 0 saturated carbocycles. The lowest BCUT2D eigenvalue weighted by atomic mass is 10.0. The lowest BCUT2D eigenvalue weighted by molar-refractivity contribution is 0.272. The third kappa shape index (κ3) is 1.88. The normalized spacial score (nSPS) is 12.7. The first kappa shape index (κ1) is 12.6. The van der Waals surface area contributed by atoms with Crippen LogP contribution in [0, 0.1) is 6.92 Å². The van der Waals surface area contributed by atoms with Gasteiger partial charge in [-0.2, -0.15) is 0 Å². The largest absolute Gasteiger partial charge is 0.396 e. The second-order valence-corrected chi connectivity index (χ2v) is 4.56. The van der Waals surface area contributed by atoms with Gasteiger partial charge in [-0.25, -0.2) is 4.68 Å². The molecule has 0 radical (unpaired) electrons. The standard InChI is InChI=1S/C14H18N2O2/c1-10(9-17)13-11(2)15(3)16(14(13)18)12-7-5-4-6-8-12/h4-8,10,17H,9H2,1-3H3. The Hall–Kier alpha value is -1.81. The van der Waals surface area contributed by atoms with E-state index in [1.54, 1.807) is 4.68 Å².